The van der Waals surface area contributed by atoms with Crippen LogP contribution in [-0.4, -0.2) is 9.78 Å². The molecule has 0 bridgehead atoms. The van der Waals surface area contributed by atoms with E-state index in [1.807, 2.05) is 28.9 Å². The van der Waals surface area contributed by atoms with Gasteiger partial charge in [0.15, 0.2) is 0 Å². The topological polar surface area (TPSA) is 17.8 Å². The number of aromatic nitrogens is 2. The highest BCUT2D eigenvalue weighted by molar-refractivity contribution is 5.77. The van der Waals surface area contributed by atoms with Crippen molar-refractivity contribution in [1.82, 2.24) is 9.78 Å². The molecule has 0 saturated heterocycles. The van der Waals surface area contributed by atoms with E-state index in [-0.39, 0.29) is 5.54 Å². The van der Waals surface area contributed by atoms with Crippen LogP contribution in [0.5, 0.6) is 0 Å². The van der Waals surface area contributed by atoms with Crippen molar-refractivity contribution < 1.29 is 0 Å². The molecule has 0 unspecified atom stereocenters. The second-order valence-electron chi connectivity index (χ2n) is 5.06. The summed E-state index contributed by atoms with van der Waals surface area (Å²) in [6.07, 6.45) is 2.11. The number of hydrogen-bond donors (Lipinski definition) is 0. The fourth-order valence-electron chi connectivity index (χ4n) is 2.23. The molecule has 0 atom stereocenters. The minimum Gasteiger partial charge on any atom is -0.262 e. The summed E-state index contributed by atoms with van der Waals surface area (Å²) < 4.78 is 2.05. The van der Waals surface area contributed by atoms with Crippen molar-refractivity contribution in [3.05, 3.63) is 66.4 Å². The van der Waals surface area contributed by atoms with Crippen LogP contribution in [0.15, 0.2) is 60.8 Å². The van der Waals surface area contributed by atoms with Crippen LogP contribution in [-0.2, 0) is 5.54 Å². The average molecular weight is 236 g/mol. The third-order valence-corrected chi connectivity index (χ3v) is 3.47. The number of nitrogens with zero attached hydrogens (tertiary/aromatic N) is 2. The Bertz CT molecular complexity index is 633. The van der Waals surface area contributed by atoms with Gasteiger partial charge in [-0.25, -0.2) is 0 Å². The predicted octanol–water partition coefficient (Wildman–Crippen LogP) is 3.82. The Labute approximate surface area is 107 Å². The van der Waals surface area contributed by atoms with Crippen molar-refractivity contribution in [3.8, 4) is 0 Å². The fourth-order valence-corrected chi connectivity index (χ4v) is 2.23. The molecular weight excluding hydrogens is 220 g/mol. The zero-order chi connectivity index (χ0) is 12.6. The molecule has 0 saturated carbocycles. The second-order valence-corrected chi connectivity index (χ2v) is 5.06. The molecule has 90 valence electrons. The zero-order valence-electron chi connectivity index (χ0n) is 10.7. The molecule has 1 aromatic heterocycles. The van der Waals surface area contributed by atoms with Crippen molar-refractivity contribution in [1.29, 1.82) is 0 Å². The second kappa shape index (κ2) is 3.98. The van der Waals surface area contributed by atoms with Gasteiger partial charge in [-0.15, -0.1) is 0 Å². The van der Waals surface area contributed by atoms with E-state index >= 15 is 0 Å². The lowest BCUT2D eigenvalue weighted by Gasteiger charge is -2.25. The first-order chi connectivity index (χ1) is 8.68. The molecule has 0 aliphatic carbocycles. The van der Waals surface area contributed by atoms with Gasteiger partial charge in [0.25, 0.3) is 0 Å². The van der Waals surface area contributed by atoms with Gasteiger partial charge in [0, 0.05) is 11.6 Å². The first-order valence-corrected chi connectivity index (χ1v) is 6.18. The van der Waals surface area contributed by atoms with E-state index in [9.17, 15) is 0 Å². The maximum absolute atomic E-state index is 4.68. The Hall–Kier alpha value is -2.09. The smallest absolute Gasteiger partial charge is 0.0923 e. The van der Waals surface area contributed by atoms with E-state index < -0.39 is 0 Å². The first kappa shape index (κ1) is 11.0. The standard InChI is InChI=1S/C16H16N2/c1-16(2,14-9-4-3-5-10-14)18-12-13-8-6-7-11-15(13)17-18/h3-12H,1-2H3. The van der Waals surface area contributed by atoms with Crippen LogP contribution in [0, 0.1) is 0 Å². The van der Waals surface area contributed by atoms with Crippen molar-refractivity contribution in [2.45, 2.75) is 19.4 Å². The quantitative estimate of drug-likeness (QED) is 0.661. The van der Waals surface area contributed by atoms with Gasteiger partial charge in [0.2, 0.25) is 0 Å². The predicted molar refractivity (Wildman–Crippen MR) is 74.6 cm³/mol. The summed E-state index contributed by atoms with van der Waals surface area (Å²) in [6.45, 7) is 4.38. The summed E-state index contributed by atoms with van der Waals surface area (Å²) in [5, 5.41) is 5.86. The monoisotopic (exact) mass is 236 g/mol. The van der Waals surface area contributed by atoms with Gasteiger partial charge in [0.05, 0.1) is 11.1 Å². The summed E-state index contributed by atoms with van der Waals surface area (Å²) >= 11 is 0. The molecule has 0 N–H and O–H groups in total. The molecule has 2 nitrogen and oxygen atoms in total. The van der Waals surface area contributed by atoms with E-state index in [2.05, 4.69) is 55.5 Å². The highest BCUT2D eigenvalue weighted by Crippen LogP contribution is 2.26. The molecule has 0 spiro atoms. The van der Waals surface area contributed by atoms with Crippen LogP contribution in [0.25, 0.3) is 10.9 Å². The van der Waals surface area contributed by atoms with Gasteiger partial charge < -0.3 is 0 Å². The third-order valence-electron chi connectivity index (χ3n) is 3.47. The van der Waals surface area contributed by atoms with Gasteiger partial charge in [-0.05, 0) is 25.5 Å². The number of rotatable bonds is 2. The van der Waals surface area contributed by atoms with E-state index in [4.69, 9.17) is 0 Å². The van der Waals surface area contributed by atoms with E-state index in [0.717, 1.165) is 5.52 Å². The summed E-state index contributed by atoms with van der Waals surface area (Å²) in [5.74, 6) is 0. The third kappa shape index (κ3) is 1.70. The van der Waals surface area contributed by atoms with E-state index in [1.165, 1.54) is 10.9 Å². The maximum atomic E-state index is 4.68. The van der Waals surface area contributed by atoms with Crippen LogP contribution in [0.3, 0.4) is 0 Å². The number of benzene rings is 2. The Morgan fingerprint density at radius 3 is 2.28 bits per heavy atom. The molecule has 3 rings (SSSR count). The molecule has 1 heterocycles. The average Bonchev–Trinajstić information content (AvgIpc) is 2.84. The van der Waals surface area contributed by atoms with Gasteiger partial charge >= 0.3 is 0 Å². The molecule has 2 aromatic carbocycles. The number of hydrogen-bond acceptors (Lipinski definition) is 1. The molecule has 0 fully saturated rings. The molecule has 0 radical (unpaired) electrons. The molecular formula is C16H16N2. The molecule has 0 aliphatic heterocycles. The largest absolute Gasteiger partial charge is 0.262 e. The summed E-state index contributed by atoms with van der Waals surface area (Å²) in [6, 6.07) is 18.7. The van der Waals surface area contributed by atoms with Crippen molar-refractivity contribution in [3.63, 3.8) is 0 Å². The molecule has 2 heteroatoms. The summed E-state index contributed by atoms with van der Waals surface area (Å²) in [5.41, 5.74) is 2.17. The van der Waals surface area contributed by atoms with Gasteiger partial charge in [-0.3, -0.25) is 4.68 Å². The molecule has 0 amide bonds. The van der Waals surface area contributed by atoms with E-state index in [1.54, 1.807) is 0 Å². The first-order valence-electron chi connectivity index (χ1n) is 6.18. The summed E-state index contributed by atoms with van der Waals surface area (Å²) in [4.78, 5) is 0. The van der Waals surface area contributed by atoms with Gasteiger partial charge in [-0.1, -0.05) is 48.5 Å². The molecule has 0 aliphatic rings. The van der Waals surface area contributed by atoms with Crippen molar-refractivity contribution in [2.24, 2.45) is 0 Å². The van der Waals surface area contributed by atoms with Crippen LogP contribution in [0.4, 0.5) is 0 Å². The number of fused-ring (bicyclic) bond motifs is 1. The van der Waals surface area contributed by atoms with Gasteiger partial charge in [-0.2, -0.15) is 5.10 Å². The highest BCUT2D eigenvalue weighted by Gasteiger charge is 2.23. The maximum Gasteiger partial charge on any atom is 0.0923 e. The Morgan fingerprint density at radius 1 is 0.889 bits per heavy atom. The SMILES string of the molecule is CC(C)(c1ccccc1)n1cc2ccccc2n1. The van der Waals surface area contributed by atoms with Crippen LogP contribution >= 0.6 is 0 Å². The van der Waals surface area contributed by atoms with Crippen LogP contribution < -0.4 is 0 Å². The minimum atomic E-state index is -0.139. The lowest BCUT2D eigenvalue weighted by Crippen LogP contribution is -2.28. The molecule has 18 heavy (non-hydrogen) atoms. The summed E-state index contributed by atoms with van der Waals surface area (Å²) in [7, 11) is 0. The lowest BCUT2D eigenvalue weighted by molar-refractivity contribution is 0.394. The highest BCUT2D eigenvalue weighted by atomic mass is 15.3. The fraction of sp³-hybridized carbons (Fsp3) is 0.188. The van der Waals surface area contributed by atoms with Crippen LogP contribution in [0.2, 0.25) is 0 Å². The van der Waals surface area contributed by atoms with Crippen molar-refractivity contribution in [2.75, 3.05) is 0 Å². The zero-order valence-corrected chi connectivity index (χ0v) is 10.7. The van der Waals surface area contributed by atoms with Gasteiger partial charge in [0.1, 0.15) is 0 Å². The van der Waals surface area contributed by atoms with Crippen molar-refractivity contribution >= 4 is 10.9 Å². The normalized spacial score (nSPS) is 11.9. The Balaban J connectivity index is 2.13. The van der Waals surface area contributed by atoms with Crippen LogP contribution in [0.1, 0.15) is 19.4 Å². The van der Waals surface area contributed by atoms with E-state index in [0.29, 0.717) is 0 Å². The molecule has 3 aromatic rings. The lowest BCUT2D eigenvalue weighted by atomic mass is 9.95. The minimum absolute atomic E-state index is 0.139. The Morgan fingerprint density at radius 2 is 1.56 bits per heavy atom. The Kier molecular flexibility index (Phi) is 2.44.